The van der Waals surface area contributed by atoms with E-state index in [1.165, 1.54) is 28.2 Å². The first-order chi connectivity index (χ1) is 18.9. The molecule has 2 unspecified atom stereocenters. The van der Waals surface area contributed by atoms with Gasteiger partial charge < -0.3 is 15.0 Å². The second kappa shape index (κ2) is 9.85. The molecule has 0 saturated heterocycles. The zero-order valence-electron chi connectivity index (χ0n) is 20.5. The molecule has 206 valence electrons. The SMILES string of the molecule is O=C(NCC(F)(F)C(F)(F)F)c1cn(-c2cccc(-c3ccc(C4CC4C(=O)O)cc3)c2)c2ncccc2c1=O. The van der Waals surface area contributed by atoms with E-state index in [1.54, 1.807) is 24.3 Å². The van der Waals surface area contributed by atoms with Crippen molar-refractivity contribution in [1.82, 2.24) is 14.9 Å². The van der Waals surface area contributed by atoms with Crippen molar-refractivity contribution in [3.05, 3.63) is 94.4 Å². The maximum atomic E-state index is 13.4. The fourth-order valence-electron chi connectivity index (χ4n) is 4.50. The highest BCUT2D eigenvalue weighted by atomic mass is 19.4. The third-order valence-corrected chi connectivity index (χ3v) is 6.80. The number of rotatable bonds is 7. The molecule has 7 nitrogen and oxygen atoms in total. The van der Waals surface area contributed by atoms with Gasteiger partial charge in [0.25, 0.3) is 5.91 Å². The second-order valence-corrected chi connectivity index (χ2v) is 9.46. The summed E-state index contributed by atoms with van der Waals surface area (Å²) in [4.78, 5) is 41.0. The van der Waals surface area contributed by atoms with Crippen LogP contribution >= 0.6 is 0 Å². The summed E-state index contributed by atoms with van der Waals surface area (Å²) in [7, 11) is 0. The average Bonchev–Trinajstić information content (AvgIpc) is 3.73. The van der Waals surface area contributed by atoms with Crippen molar-refractivity contribution < 1.29 is 36.6 Å². The van der Waals surface area contributed by atoms with Crippen molar-refractivity contribution in [2.24, 2.45) is 5.92 Å². The molecule has 40 heavy (non-hydrogen) atoms. The van der Waals surface area contributed by atoms with Gasteiger partial charge in [0, 0.05) is 18.1 Å². The number of alkyl halides is 5. The van der Waals surface area contributed by atoms with Crippen LogP contribution in [0.15, 0.2) is 77.9 Å². The van der Waals surface area contributed by atoms with Crippen molar-refractivity contribution in [3.63, 3.8) is 0 Å². The number of amides is 1. The van der Waals surface area contributed by atoms with Crippen LogP contribution in [0.25, 0.3) is 27.8 Å². The Kier molecular flexibility index (Phi) is 6.64. The molecule has 4 aromatic rings. The lowest BCUT2D eigenvalue weighted by molar-refractivity contribution is -0.278. The van der Waals surface area contributed by atoms with Crippen molar-refractivity contribution in [2.45, 2.75) is 24.4 Å². The Morgan fingerprint density at radius 3 is 2.38 bits per heavy atom. The number of pyridine rings is 2. The Balaban J connectivity index is 1.50. The number of aliphatic carboxylic acids is 1. The maximum absolute atomic E-state index is 13.4. The topological polar surface area (TPSA) is 101 Å². The van der Waals surface area contributed by atoms with Crippen molar-refractivity contribution in [1.29, 1.82) is 0 Å². The zero-order valence-corrected chi connectivity index (χ0v) is 20.5. The molecule has 2 heterocycles. The summed E-state index contributed by atoms with van der Waals surface area (Å²) in [6.45, 7) is -2.03. The quantitative estimate of drug-likeness (QED) is 0.306. The first-order valence-electron chi connectivity index (χ1n) is 12.0. The molecule has 5 rings (SSSR count). The number of fused-ring (bicyclic) bond motifs is 1. The average molecular weight is 557 g/mol. The van der Waals surface area contributed by atoms with Crippen molar-refractivity contribution >= 4 is 22.9 Å². The number of carboxylic acid groups (broad SMARTS) is 1. The van der Waals surface area contributed by atoms with Crippen molar-refractivity contribution in [2.75, 3.05) is 6.54 Å². The molecule has 1 fully saturated rings. The van der Waals surface area contributed by atoms with Gasteiger partial charge in [-0.15, -0.1) is 0 Å². The van der Waals surface area contributed by atoms with Crippen LogP contribution in [0.4, 0.5) is 22.0 Å². The van der Waals surface area contributed by atoms with E-state index in [0.717, 1.165) is 22.9 Å². The Labute approximate surface area is 222 Å². The first-order valence-corrected chi connectivity index (χ1v) is 12.0. The summed E-state index contributed by atoms with van der Waals surface area (Å²) in [6.07, 6.45) is -2.82. The van der Waals surface area contributed by atoms with E-state index < -0.39 is 41.5 Å². The predicted molar refractivity (Wildman–Crippen MR) is 135 cm³/mol. The molecule has 0 spiro atoms. The fourth-order valence-corrected chi connectivity index (χ4v) is 4.50. The minimum atomic E-state index is -5.87. The number of aromatic nitrogens is 2. The van der Waals surface area contributed by atoms with Gasteiger partial charge in [0.2, 0.25) is 5.43 Å². The Bertz CT molecular complexity index is 1680. The fraction of sp³-hybridized carbons (Fsp3) is 0.214. The monoisotopic (exact) mass is 557 g/mol. The van der Waals surface area contributed by atoms with Gasteiger partial charge in [-0.3, -0.25) is 14.4 Å². The Morgan fingerprint density at radius 2 is 1.73 bits per heavy atom. The summed E-state index contributed by atoms with van der Waals surface area (Å²) in [5.74, 6) is -7.82. The van der Waals surface area contributed by atoms with E-state index in [-0.39, 0.29) is 22.9 Å². The molecule has 1 aliphatic carbocycles. The molecular weight excluding hydrogens is 537 g/mol. The molecule has 12 heteroatoms. The first kappa shape index (κ1) is 27.0. The zero-order chi connectivity index (χ0) is 28.8. The molecule has 1 aliphatic rings. The standard InChI is InChI=1S/C28H20F5N3O4/c29-27(30,28(31,32)33)14-35-25(38)22-13-36(24-19(23(22)37)5-2-10-34-24)18-4-1-3-17(11-18)15-6-8-16(9-7-15)20-12-21(20)26(39)40/h1-11,13,20-21H,12,14H2,(H,35,38)(H,39,40). The molecule has 0 bridgehead atoms. The maximum Gasteiger partial charge on any atom is 0.455 e. The van der Waals surface area contributed by atoms with E-state index in [9.17, 15) is 36.3 Å². The molecule has 1 saturated carbocycles. The van der Waals surface area contributed by atoms with Crippen LogP contribution in [-0.4, -0.2) is 45.2 Å². The van der Waals surface area contributed by atoms with Gasteiger partial charge in [-0.2, -0.15) is 22.0 Å². The summed E-state index contributed by atoms with van der Waals surface area (Å²) in [6, 6.07) is 17.1. The number of nitrogens with zero attached hydrogens (tertiary/aromatic N) is 2. The molecule has 0 aliphatic heterocycles. The summed E-state index contributed by atoms with van der Waals surface area (Å²) >= 11 is 0. The van der Waals surface area contributed by atoms with Crippen LogP contribution in [-0.2, 0) is 4.79 Å². The summed E-state index contributed by atoms with van der Waals surface area (Å²) < 4.78 is 65.8. The minimum absolute atomic E-state index is 0.0304. The molecule has 0 radical (unpaired) electrons. The Morgan fingerprint density at radius 1 is 1.00 bits per heavy atom. The lowest BCUT2D eigenvalue weighted by Gasteiger charge is -2.20. The van der Waals surface area contributed by atoms with E-state index >= 15 is 0 Å². The number of benzene rings is 2. The lowest BCUT2D eigenvalue weighted by atomic mass is 10.0. The van der Waals surface area contributed by atoms with Crippen LogP contribution in [0.2, 0.25) is 0 Å². The smallest absolute Gasteiger partial charge is 0.455 e. The minimum Gasteiger partial charge on any atom is -0.481 e. The van der Waals surface area contributed by atoms with Gasteiger partial charge in [-0.1, -0.05) is 36.4 Å². The van der Waals surface area contributed by atoms with Gasteiger partial charge in [0.1, 0.15) is 11.2 Å². The number of hydrogen-bond acceptors (Lipinski definition) is 4. The van der Waals surface area contributed by atoms with Crippen LogP contribution in [0.5, 0.6) is 0 Å². The predicted octanol–water partition coefficient (Wildman–Crippen LogP) is 5.17. The van der Waals surface area contributed by atoms with Crippen LogP contribution < -0.4 is 10.7 Å². The normalized spacial score (nSPS) is 17.0. The number of carbonyl (C=O) groups is 2. The van der Waals surface area contributed by atoms with Crippen LogP contribution in [0, 0.1) is 5.92 Å². The number of halogens is 5. The Hall–Kier alpha value is -4.61. The second-order valence-electron chi connectivity index (χ2n) is 9.46. The van der Waals surface area contributed by atoms with Gasteiger partial charge in [-0.25, -0.2) is 4.98 Å². The molecule has 2 N–H and O–H groups in total. The highest BCUT2D eigenvalue weighted by Crippen LogP contribution is 2.47. The molecular formula is C28H20F5N3O4. The molecule has 2 aromatic carbocycles. The molecule has 1 amide bonds. The van der Waals surface area contributed by atoms with Crippen molar-refractivity contribution in [3.8, 4) is 16.8 Å². The summed E-state index contributed by atoms with van der Waals surface area (Å²) in [5, 5.41) is 10.6. The van der Waals surface area contributed by atoms with E-state index in [4.69, 9.17) is 5.11 Å². The number of carbonyl (C=O) groups excluding carboxylic acids is 1. The van der Waals surface area contributed by atoms with E-state index in [0.29, 0.717) is 12.1 Å². The third-order valence-electron chi connectivity index (χ3n) is 6.80. The highest BCUT2D eigenvalue weighted by Gasteiger charge is 2.57. The lowest BCUT2D eigenvalue weighted by Crippen LogP contribution is -2.47. The largest absolute Gasteiger partial charge is 0.481 e. The number of carboxylic acids is 1. The van der Waals surface area contributed by atoms with Crippen LogP contribution in [0.1, 0.15) is 28.3 Å². The van der Waals surface area contributed by atoms with Gasteiger partial charge >= 0.3 is 18.1 Å². The number of hydrogen-bond donors (Lipinski definition) is 2. The number of nitrogens with one attached hydrogen (secondary N) is 1. The summed E-state index contributed by atoms with van der Waals surface area (Å²) in [5.41, 5.74) is 1.51. The van der Waals surface area contributed by atoms with Gasteiger partial charge in [0.05, 0.1) is 17.8 Å². The van der Waals surface area contributed by atoms with E-state index in [2.05, 4.69) is 4.98 Å². The highest BCUT2D eigenvalue weighted by molar-refractivity contribution is 5.97. The molecule has 2 aromatic heterocycles. The van der Waals surface area contributed by atoms with Crippen LogP contribution in [0.3, 0.4) is 0 Å². The molecule has 2 atom stereocenters. The van der Waals surface area contributed by atoms with Gasteiger partial charge in [0.15, 0.2) is 0 Å². The van der Waals surface area contributed by atoms with E-state index in [1.807, 2.05) is 24.3 Å². The third kappa shape index (κ3) is 5.04. The van der Waals surface area contributed by atoms with Gasteiger partial charge in [-0.05, 0) is 53.3 Å².